The predicted molar refractivity (Wildman–Crippen MR) is 70.8 cm³/mol. The molecule has 0 bridgehead atoms. The third-order valence-corrected chi connectivity index (χ3v) is 3.25. The second kappa shape index (κ2) is 5.32. The van der Waals surface area contributed by atoms with Gasteiger partial charge in [0.05, 0.1) is 0 Å². The summed E-state index contributed by atoms with van der Waals surface area (Å²) in [4.78, 5) is 23.4. The van der Waals surface area contributed by atoms with Crippen LogP contribution in [0.25, 0.3) is 0 Å². The molecular formula is C13H13F2N3O4. The third kappa shape index (κ3) is 3.02. The van der Waals surface area contributed by atoms with Crippen molar-refractivity contribution in [2.75, 3.05) is 11.9 Å². The van der Waals surface area contributed by atoms with E-state index in [9.17, 15) is 18.4 Å². The molecule has 0 aromatic heterocycles. The molecule has 1 aromatic carbocycles. The van der Waals surface area contributed by atoms with E-state index in [1.54, 1.807) is 0 Å². The number of hydrogen-bond donors (Lipinski definition) is 3. The number of benzene rings is 1. The normalized spacial score (nSPS) is 21.9. The summed E-state index contributed by atoms with van der Waals surface area (Å²) in [5.41, 5.74) is 0.244. The predicted octanol–water partition coefficient (Wildman–Crippen LogP) is 1.41. The molecule has 0 radical (unpaired) electrons. The Kier molecular flexibility index (Phi) is 3.47. The van der Waals surface area contributed by atoms with Crippen LogP contribution in [0.4, 0.5) is 19.3 Å². The number of ether oxygens (including phenoxy) is 2. The zero-order chi connectivity index (χ0) is 15.7. The molecule has 0 spiro atoms. The van der Waals surface area contributed by atoms with Gasteiger partial charge >= 0.3 is 12.3 Å². The van der Waals surface area contributed by atoms with E-state index >= 15 is 0 Å². The molecule has 0 aliphatic carbocycles. The van der Waals surface area contributed by atoms with Crippen LogP contribution in [-0.2, 0) is 4.79 Å². The Balaban J connectivity index is 1.62. The minimum absolute atomic E-state index is 0.109. The van der Waals surface area contributed by atoms with Crippen molar-refractivity contribution in [1.82, 2.24) is 10.6 Å². The summed E-state index contributed by atoms with van der Waals surface area (Å²) in [6, 6.07) is 2.67. The molecule has 1 atom stereocenters. The van der Waals surface area contributed by atoms with Gasteiger partial charge in [0.25, 0.3) is 0 Å². The first-order chi connectivity index (χ1) is 10.4. The topological polar surface area (TPSA) is 88.7 Å². The van der Waals surface area contributed by atoms with Gasteiger partial charge in [0.1, 0.15) is 6.04 Å². The lowest BCUT2D eigenvalue weighted by atomic mass is 10.1. The minimum Gasteiger partial charge on any atom is -0.395 e. The molecule has 3 amide bonds. The van der Waals surface area contributed by atoms with Crippen molar-refractivity contribution in [3.8, 4) is 11.5 Å². The molecule has 118 valence electrons. The van der Waals surface area contributed by atoms with Gasteiger partial charge in [0.2, 0.25) is 5.91 Å². The van der Waals surface area contributed by atoms with Gasteiger partial charge in [-0.2, -0.15) is 0 Å². The molecule has 3 rings (SSSR count). The molecule has 2 aliphatic rings. The molecule has 22 heavy (non-hydrogen) atoms. The average molecular weight is 313 g/mol. The van der Waals surface area contributed by atoms with Gasteiger partial charge in [-0.25, -0.2) is 4.79 Å². The van der Waals surface area contributed by atoms with E-state index in [1.807, 2.05) is 0 Å². The van der Waals surface area contributed by atoms with Crippen molar-refractivity contribution in [3.63, 3.8) is 0 Å². The number of amides is 3. The Bertz CT molecular complexity index is 623. The van der Waals surface area contributed by atoms with Crippen molar-refractivity contribution < 1.29 is 27.8 Å². The van der Waals surface area contributed by atoms with Crippen LogP contribution in [0.15, 0.2) is 18.2 Å². The lowest BCUT2D eigenvalue weighted by molar-refractivity contribution is -0.286. The number of nitrogens with one attached hydrogen (secondary N) is 3. The van der Waals surface area contributed by atoms with Crippen LogP contribution in [-0.4, -0.2) is 30.8 Å². The van der Waals surface area contributed by atoms with Crippen molar-refractivity contribution in [2.45, 2.75) is 25.2 Å². The third-order valence-electron chi connectivity index (χ3n) is 3.25. The summed E-state index contributed by atoms with van der Waals surface area (Å²) in [7, 11) is 0. The quantitative estimate of drug-likeness (QED) is 0.770. The maximum absolute atomic E-state index is 12.9. The molecule has 7 nitrogen and oxygen atoms in total. The van der Waals surface area contributed by atoms with Gasteiger partial charge in [-0.1, -0.05) is 0 Å². The van der Waals surface area contributed by atoms with Crippen molar-refractivity contribution in [3.05, 3.63) is 18.2 Å². The van der Waals surface area contributed by atoms with Crippen LogP contribution in [0.2, 0.25) is 0 Å². The molecule has 2 aliphatic heterocycles. The smallest absolute Gasteiger partial charge is 0.395 e. The summed E-state index contributed by atoms with van der Waals surface area (Å²) in [6.45, 7) is 0.592. The Morgan fingerprint density at radius 2 is 2.09 bits per heavy atom. The second-order valence-corrected chi connectivity index (χ2v) is 4.91. The first kappa shape index (κ1) is 14.4. The molecule has 1 aromatic rings. The van der Waals surface area contributed by atoms with Gasteiger partial charge < -0.3 is 25.4 Å². The maximum atomic E-state index is 12.9. The number of hydrogen-bond acceptors (Lipinski definition) is 4. The summed E-state index contributed by atoms with van der Waals surface area (Å²) in [6.07, 6.45) is -2.38. The van der Waals surface area contributed by atoms with E-state index in [4.69, 9.17) is 0 Å². The van der Waals surface area contributed by atoms with Crippen molar-refractivity contribution in [1.29, 1.82) is 0 Å². The number of rotatable bonds is 2. The second-order valence-electron chi connectivity index (χ2n) is 4.91. The summed E-state index contributed by atoms with van der Waals surface area (Å²) < 4.78 is 34.3. The van der Waals surface area contributed by atoms with E-state index < -0.39 is 18.4 Å². The standard InChI is InChI=1S/C13H13F2N3O4/c14-13(15)21-9-4-3-7(6-10(9)22-13)17-12(20)18-8-2-1-5-16-11(8)19/h3-4,6,8H,1-2,5H2,(H,16,19)(H2,17,18,20)/t8-/m0/s1. The zero-order valence-corrected chi connectivity index (χ0v) is 11.3. The largest absolute Gasteiger partial charge is 0.586 e. The Labute approximate surface area is 124 Å². The number of carbonyl (C=O) groups excluding carboxylic acids is 2. The molecule has 0 unspecified atom stereocenters. The molecule has 2 heterocycles. The van der Waals surface area contributed by atoms with E-state index in [2.05, 4.69) is 25.4 Å². The first-order valence-electron chi connectivity index (χ1n) is 6.68. The fraction of sp³-hybridized carbons (Fsp3) is 0.385. The van der Waals surface area contributed by atoms with Crippen LogP contribution in [0, 0.1) is 0 Å². The highest BCUT2D eigenvalue weighted by molar-refractivity contribution is 5.94. The maximum Gasteiger partial charge on any atom is 0.586 e. The zero-order valence-electron chi connectivity index (χ0n) is 11.3. The van der Waals surface area contributed by atoms with E-state index in [0.29, 0.717) is 13.0 Å². The average Bonchev–Trinajstić information content (AvgIpc) is 2.74. The molecule has 0 saturated carbocycles. The summed E-state index contributed by atoms with van der Waals surface area (Å²) in [5.74, 6) is -0.521. The Morgan fingerprint density at radius 1 is 1.32 bits per heavy atom. The molecular weight excluding hydrogens is 300 g/mol. The highest BCUT2D eigenvalue weighted by Crippen LogP contribution is 2.42. The lowest BCUT2D eigenvalue weighted by Gasteiger charge is -2.22. The molecule has 3 N–H and O–H groups in total. The Hall–Kier alpha value is -2.58. The number of carbonyl (C=O) groups is 2. The van der Waals surface area contributed by atoms with Crippen LogP contribution in [0.1, 0.15) is 12.8 Å². The monoisotopic (exact) mass is 313 g/mol. The number of halogens is 2. The number of anilines is 1. The summed E-state index contributed by atoms with van der Waals surface area (Å²) >= 11 is 0. The molecule has 9 heteroatoms. The van der Waals surface area contributed by atoms with Crippen LogP contribution < -0.4 is 25.4 Å². The Morgan fingerprint density at radius 3 is 2.86 bits per heavy atom. The summed E-state index contributed by atoms with van der Waals surface area (Å²) in [5, 5.41) is 7.62. The highest BCUT2D eigenvalue weighted by atomic mass is 19.3. The van der Waals surface area contributed by atoms with E-state index in [1.165, 1.54) is 18.2 Å². The van der Waals surface area contributed by atoms with Crippen LogP contribution in [0.5, 0.6) is 11.5 Å². The fourth-order valence-corrected chi connectivity index (χ4v) is 2.26. The van der Waals surface area contributed by atoms with Crippen molar-refractivity contribution >= 4 is 17.6 Å². The SMILES string of the molecule is O=C(Nc1ccc2c(c1)OC(F)(F)O2)N[C@H]1CCCNC1=O. The number of fused-ring (bicyclic) bond motifs is 1. The minimum atomic E-state index is -3.70. The molecule has 1 fully saturated rings. The van der Waals surface area contributed by atoms with Crippen LogP contribution in [0.3, 0.4) is 0 Å². The number of alkyl halides is 2. The number of piperidine rings is 1. The molecule has 1 saturated heterocycles. The number of urea groups is 1. The highest BCUT2D eigenvalue weighted by Gasteiger charge is 2.43. The van der Waals surface area contributed by atoms with E-state index in [0.717, 1.165) is 6.42 Å². The van der Waals surface area contributed by atoms with Gasteiger partial charge in [-0.15, -0.1) is 8.78 Å². The van der Waals surface area contributed by atoms with E-state index in [-0.39, 0.29) is 23.1 Å². The fourth-order valence-electron chi connectivity index (χ4n) is 2.26. The van der Waals surface area contributed by atoms with Gasteiger partial charge in [0.15, 0.2) is 11.5 Å². The van der Waals surface area contributed by atoms with Gasteiger partial charge in [-0.05, 0) is 25.0 Å². The van der Waals surface area contributed by atoms with Gasteiger partial charge in [0, 0.05) is 18.3 Å². The first-order valence-corrected chi connectivity index (χ1v) is 6.68. The van der Waals surface area contributed by atoms with Crippen molar-refractivity contribution in [2.24, 2.45) is 0 Å². The van der Waals surface area contributed by atoms with Crippen LogP contribution >= 0.6 is 0 Å². The van der Waals surface area contributed by atoms with Gasteiger partial charge in [-0.3, -0.25) is 4.79 Å². The lowest BCUT2D eigenvalue weighted by Crippen LogP contribution is -2.51.